The van der Waals surface area contributed by atoms with E-state index in [0.29, 0.717) is 12.8 Å². The number of amides is 1. The van der Waals surface area contributed by atoms with Gasteiger partial charge in [-0.15, -0.1) is 0 Å². The van der Waals surface area contributed by atoms with Crippen LogP contribution in [0.2, 0.25) is 0 Å². The Morgan fingerprint density at radius 3 is 2.35 bits per heavy atom. The van der Waals surface area contributed by atoms with Gasteiger partial charge in [0.1, 0.15) is 0 Å². The van der Waals surface area contributed by atoms with Crippen LogP contribution in [-0.4, -0.2) is 38.2 Å². The third-order valence-corrected chi connectivity index (χ3v) is 3.69. The van der Waals surface area contributed by atoms with E-state index >= 15 is 0 Å². The van der Waals surface area contributed by atoms with Gasteiger partial charge in [-0.1, -0.05) is 0 Å². The minimum Gasteiger partial charge on any atom is -0.481 e. The second-order valence-electron chi connectivity index (χ2n) is 3.90. The van der Waals surface area contributed by atoms with Crippen molar-refractivity contribution in [2.45, 2.75) is 31.2 Å². The van der Waals surface area contributed by atoms with Gasteiger partial charge in [-0.05, 0) is 19.3 Å². The van der Waals surface area contributed by atoms with Crippen molar-refractivity contribution in [1.82, 2.24) is 9.44 Å². The first-order chi connectivity index (χ1) is 7.79. The maximum absolute atomic E-state index is 11.5. The van der Waals surface area contributed by atoms with Crippen LogP contribution < -0.4 is 9.44 Å². The van der Waals surface area contributed by atoms with Crippen LogP contribution in [0.4, 0.5) is 4.79 Å². The Kier molecular flexibility index (Phi) is 3.94. The predicted molar refractivity (Wildman–Crippen MR) is 56.4 cm³/mol. The van der Waals surface area contributed by atoms with Crippen molar-refractivity contribution < 1.29 is 27.9 Å². The fraction of sp³-hybridized carbons (Fsp3) is 0.750. The number of methoxy groups -OCH3 is 1. The van der Waals surface area contributed by atoms with Crippen LogP contribution in [0.3, 0.4) is 0 Å². The highest BCUT2D eigenvalue weighted by Crippen LogP contribution is 2.35. The molecule has 0 aromatic rings. The zero-order valence-corrected chi connectivity index (χ0v) is 10.0. The third-order valence-electron chi connectivity index (χ3n) is 2.55. The highest BCUT2D eigenvalue weighted by atomic mass is 32.2. The van der Waals surface area contributed by atoms with Gasteiger partial charge in [-0.25, -0.2) is 9.52 Å². The summed E-state index contributed by atoms with van der Waals surface area (Å²) in [6.45, 7) is 0. The Balaban J connectivity index is 2.68. The number of rotatable bonds is 5. The van der Waals surface area contributed by atoms with Crippen LogP contribution in [0, 0.1) is 0 Å². The number of carboxylic acid groups (broad SMARTS) is 1. The quantitative estimate of drug-likeness (QED) is 0.621. The number of ether oxygens (including phenoxy) is 1. The summed E-state index contributed by atoms with van der Waals surface area (Å²) < 4.78 is 30.9. The monoisotopic (exact) mass is 266 g/mol. The summed E-state index contributed by atoms with van der Waals surface area (Å²) >= 11 is 0. The first-order valence-corrected chi connectivity index (χ1v) is 6.38. The molecular weight excluding hydrogens is 252 g/mol. The standard InChI is InChI=1S/C8H14N2O6S/c1-16-7(13)9-17(14,15)10-8(3-2-4-8)5-6(11)12/h10H,2-5H2,1H3,(H,9,13)(H,11,12). The van der Waals surface area contributed by atoms with Crippen molar-refractivity contribution in [3.63, 3.8) is 0 Å². The average Bonchev–Trinajstić information content (AvgIpc) is 2.12. The van der Waals surface area contributed by atoms with Crippen LogP contribution in [0.25, 0.3) is 0 Å². The van der Waals surface area contributed by atoms with E-state index in [0.717, 1.165) is 13.5 Å². The van der Waals surface area contributed by atoms with Crippen LogP contribution in [-0.2, 0) is 19.7 Å². The van der Waals surface area contributed by atoms with Crippen LogP contribution in [0.1, 0.15) is 25.7 Å². The molecule has 0 aliphatic heterocycles. The van der Waals surface area contributed by atoms with Crippen LogP contribution in [0.15, 0.2) is 0 Å². The summed E-state index contributed by atoms with van der Waals surface area (Å²) in [6, 6.07) is 0. The minimum absolute atomic E-state index is 0.310. The number of nitrogens with one attached hydrogen (secondary N) is 2. The van der Waals surface area contributed by atoms with E-state index in [4.69, 9.17) is 5.11 Å². The fourth-order valence-electron chi connectivity index (χ4n) is 1.67. The molecule has 1 rings (SSSR count). The van der Waals surface area contributed by atoms with Gasteiger partial charge in [0.2, 0.25) is 0 Å². The number of carbonyl (C=O) groups is 2. The zero-order chi connectivity index (χ0) is 13.1. The Morgan fingerprint density at radius 2 is 2.00 bits per heavy atom. The topological polar surface area (TPSA) is 122 Å². The van der Waals surface area contributed by atoms with E-state index in [2.05, 4.69) is 9.46 Å². The number of carboxylic acids is 1. The molecule has 0 aromatic carbocycles. The molecule has 1 aliphatic rings. The largest absolute Gasteiger partial charge is 0.481 e. The van der Waals surface area contributed by atoms with E-state index < -0.39 is 27.8 Å². The van der Waals surface area contributed by atoms with E-state index in [1.54, 1.807) is 4.72 Å². The maximum Gasteiger partial charge on any atom is 0.421 e. The Hall–Kier alpha value is -1.35. The smallest absolute Gasteiger partial charge is 0.421 e. The van der Waals surface area contributed by atoms with Crippen molar-refractivity contribution in [3.8, 4) is 0 Å². The van der Waals surface area contributed by atoms with E-state index in [1.165, 1.54) is 0 Å². The first-order valence-electron chi connectivity index (χ1n) is 4.90. The Morgan fingerprint density at radius 1 is 1.41 bits per heavy atom. The lowest BCUT2D eigenvalue weighted by Crippen LogP contribution is -2.58. The molecule has 0 atom stereocenters. The lowest BCUT2D eigenvalue weighted by Gasteiger charge is -2.40. The molecule has 0 bridgehead atoms. The van der Waals surface area contributed by atoms with E-state index in [1.807, 2.05) is 0 Å². The number of hydrogen-bond donors (Lipinski definition) is 3. The molecular formula is C8H14N2O6S. The Bertz CT molecular complexity index is 414. The van der Waals surface area contributed by atoms with Gasteiger partial charge in [0.15, 0.2) is 0 Å². The summed E-state index contributed by atoms with van der Waals surface area (Å²) in [5.74, 6) is -1.09. The van der Waals surface area contributed by atoms with Crippen molar-refractivity contribution in [3.05, 3.63) is 0 Å². The number of carbonyl (C=O) groups excluding carboxylic acids is 1. The van der Waals surface area contributed by atoms with Crippen molar-refractivity contribution in [1.29, 1.82) is 0 Å². The SMILES string of the molecule is COC(=O)NS(=O)(=O)NC1(CC(=O)O)CCC1. The van der Waals surface area contributed by atoms with E-state index in [-0.39, 0.29) is 6.42 Å². The highest BCUT2D eigenvalue weighted by molar-refractivity contribution is 7.88. The molecule has 9 heteroatoms. The van der Waals surface area contributed by atoms with Gasteiger partial charge < -0.3 is 9.84 Å². The predicted octanol–water partition coefficient (Wildman–Crippen LogP) is -0.426. The molecule has 8 nitrogen and oxygen atoms in total. The molecule has 1 saturated carbocycles. The molecule has 0 unspecified atom stereocenters. The van der Waals surface area contributed by atoms with Gasteiger partial charge in [-0.2, -0.15) is 13.1 Å². The van der Waals surface area contributed by atoms with Gasteiger partial charge in [-0.3, -0.25) is 4.79 Å². The summed E-state index contributed by atoms with van der Waals surface area (Å²) in [5.41, 5.74) is -0.994. The van der Waals surface area contributed by atoms with Crippen molar-refractivity contribution in [2.24, 2.45) is 0 Å². The van der Waals surface area contributed by atoms with Crippen LogP contribution >= 0.6 is 0 Å². The summed E-state index contributed by atoms with van der Waals surface area (Å²) in [6.07, 6.45) is 0.175. The minimum atomic E-state index is -4.09. The molecule has 1 aliphatic carbocycles. The van der Waals surface area contributed by atoms with Crippen LogP contribution in [0.5, 0.6) is 0 Å². The lowest BCUT2D eigenvalue weighted by molar-refractivity contribution is -0.139. The van der Waals surface area contributed by atoms with Gasteiger partial charge in [0, 0.05) is 5.54 Å². The van der Waals surface area contributed by atoms with Gasteiger partial charge in [0.05, 0.1) is 13.5 Å². The maximum atomic E-state index is 11.5. The van der Waals surface area contributed by atoms with Gasteiger partial charge >= 0.3 is 22.3 Å². The normalized spacial score (nSPS) is 17.9. The molecule has 17 heavy (non-hydrogen) atoms. The van der Waals surface area contributed by atoms with Crippen molar-refractivity contribution >= 4 is 22.3 Å². The first kappa shape index (κ1) is 13.7. The number of aliphatic carboxylic acids is 1. The molecule has 0 heterocycles. The fourth-order valence-corrected chi connectivity index (χ4v) is 2.87. The molecule has 0 radical (unpaired) electrons. The highest BCUT2D eigenvalue weighted by Gasteiger charge is 2.42. The number of hydrogen-bond acceptors (Lipinski definition) is 5. The Labute approximate surface area is 98.5 Å². The summed E-state index contributed by atoms with van der Waals surface area (Å²) in [7, 11) is -3.07. The molecule has 0 aromatic heterocycles. The van der Waals surface area contributed by atoms with Gasteiger partial charge in [0.25, 0.3) is 0 Å². The molecule has 98 valence electrons. The molecule has 0 saturated heterocycles. The molecule has 0 spiro atoms. The molecule has 3 N–H and O–H groups in total. The second kappa shape index (κ2) is 4.88. The lowest BCUT2D eigenvalue weighted by atomic mass is 9.75. The van der Waals surface area contributed by atoms with E-state index in [9.17, 15) is 18.0 Å². The average molecular weight is 266 g/mol. The third kappa shape index (κ3) is 3.86. The summed E-state index contributed by atoms with van der Waals surface area (Å²) in [4.78, 5) is 21.4. The molecule has 1 amide bonds. The zero-order valence-electron chi connectivity index (χ0n) is 9.23. The van der Waals surface area contributed by atoms with Crippen molar-refractivity contribution in [2.75, 3.05) is 7.11 Å². The second-order valence-corrected chi connectivity index (χ2v) is 5.32. The summed E-state index contributed by atoms with van der Waals surface area (Å²) in [5, 5.41) is 8.69. The molecule has 1 fully saturated rings.